The fourth-order valence-electron chi connectivity index (χ4n) is 1.39. The molecule has 15 heavy (non-hydrogen) atoms. The minimum absolute atomic E-state index is 0.486. The molecular weight excluding hydrogens is 190 g/mol. The summed E-state index contributed by atoms with van der Waals surface area (Å²) in [6.45, 7) is 5.90. The molecule has 2 aromatic rings. The van der Waals surface area contributed by atoms with E-state index in [1.165, 1.54) is 0 Å². The molecule has 0 fully saturated rings. The average molecular weight is 205 g/mol. The molecule has 80 valence electrons. The summed E-state index contributed by atoms with van der Waals surface area (Å²) >= 11 is 0. The first kappa shape index (κ1) is 10.0. The van der Waals surface area contributed by atoms with Gasteiger partial charge in [-0.3, -0.25) is 0 Å². The monoisotopic (exact) mass is 205 g/mol. The molecule has 0 aliphatic heterocycles. The summed E-state index contributed by atoms with van der Waals surface area (Å²) in [6.07, 6.45) is 0.795. The van der Waals surface area contributed by atoms with Gasteiger partial charge in [-0.2, -0.15) is 9.61 Å². The number of fused-ring (bicyclic) bond motifs is 1. The molecule has 0 aliphatic carbocycles. The fraction of sp³-hybridized carbons (Fsp3) is 0.500. The van der Waals surface area contributed by atoms with Gasteiger partial charge in [0.1, 0.15) is 0 Å². The van der Waals surface area contributed by atoms with E-state index in [0.717, 1.165) is 17.8 Å². The third-order valence-corrected chi connectivity index (χ3v) is 2.64. The van der Waals surface area contributed by atoms with Gasteiger partial charge in [0.25, 0.3) is 0 Å². The summed E-state index contributed by atoms with van der Waals surface area (Å²) in [7, 11) is 0. The van der Waals surface area contributed by atoms with Crippen molar-refractivity contribution in [3.05, 3.63) is 23.7 Å². The van der Waals surface area contributed by atoms with Gasteiger partial charge >= 0.3 is 0 Å². The Bertz CT molecular complexity index is 486. The summed E-state index contributed by atoms with van der Waals surface area (Å²) in [6, 6.07) is 3.80. The molecule has 0 spiro atoms. The summed E-state index contributed by atoms with van der Waals surface area (Å²) in [5.41, 5.74) is 7.31. The summed E-state index contributed by atoms with van der Waals surface area (Å²) < 4.78 is 1.72. The Hall–Kier alpha value is -1.49. The molecule has 1 unspecified atom stereocenters. The van der Waals surface area contributed by atoms with E-state index < -0.39 is 5.54 Å². The second kappa shape index (κ2) is 3.27. The van der Waals surface area contributed by atoms with Crippen LogP contribution in [0.3, 0.4) is 0 Å². The maximum Gasteiger partial charge on any atom is 0.177 e. The first-order valence-corrected chi connectivity index (χ1v) is 5.03. The van der Waals surface area contributed by atoms with Crippen LogP contribution in [0.4, 0.5) is 0 Å². The van der Waals surface area contributed by atoms with Crippen molar-refractivity contribution in [2.45, 2.75) is 32.7 Å². The Labute approximate surface area is 88.3 Å². The number of nitrogens with two attached hydrogens (primary N) is 1. The van der Waals surface area contributed by atoms with Gasteiger partial charge in [-0.1, -0.05) is 6.92 Å². The van der Waals surface area contributed by atoms with E-state index in [9.17, 15) is 0 Å². The van der Waals surface area contributed by atoms with Crippen molar-refractivity contribution >= 4 is 5.65 Å². The van der Waals surface area contributed by atoms with Gasteiger partial charge in [0.15, 0.2) is 11.5 Å². The van der Waals surface area contributed by atoms with Gasteiger partial charge in [-0.05, 0) is 32.4 Å². The minimum atomic E-state index is -0.486. The van der Waals surface area contributed by atoms with Crippen molar-refractivity contribution in [2.75, 3.05) is 0 Å². The van der Waals surface area contributed by atoms with Crippen LogP contribution >= 0.6 is 0 Å². The smallest absolute Gasteiger partial charge is 0.177 e. The van der Waals surface area contributed by atoms with Crippen LogP contribution in [0.15, 0.2) is 12.1 Å². The highest BCUT2D eigenvalue weighted by molar-refractivity contribution is 5.37. The van der Waals surface area contributed by atoms with E-state index in [-0.39, 0.29) is 0 Å². The zero-order chi connectivity index (χ0) is 11.1. The molecule has 0 bridgehead atoms. The van der Waals surface area contributed by atoms with E-state index in [2.05, 4.69) is 15.3 Å². The third kappa shape index (κ3) is 1.59. The van der Waals surface area contributed by atoms with Crippen LogP contribution < -0.4 is 5.73 Å². The van der Waals surface area contributed by atoms with Crippen LogP contribution in [-0.2, 0) is 5.54 Å². The molecule has 0 radical (unpaired) electrons. The van der Waals surface area contributed by atoms with Crippen LogP contribution in [0.5, 0.6) is 0 Å². The topological polar surface area (TPSA) is 69.1 Å². The molecule has 2 heterocycles. The first-order valence-electron chi connectivity index (χ1n) is 5.03. The van der Waals surface area contributed by atoms with Crippen molar-refractivity contribution in [3.8, 4) is 0 Å². The number of hydrogen-bond acceptors (Lipinski definition) is 4. The average Bonchev–Trinajstić information content (AvgIpc) is 2.61. The molecule has 5 nitrogen and oxygen atoms in total. The molecule has 1 atom stereocenters. The second-order valence-corrected chi connectivity index (χ2v) is 4.04. The van der Waals surface area contributed by atoms with Gasteiger partial charge in [0, 0.05) is 0 Å². The number of aryl methyl sites for hydroxylation is 1. The van der Waals surface area contributed by atoms with Gasteiger partial charge in [-0.25, -0.2) is 0 Å². The van der Waals surface area contributed by atoms with Crippen molar-refractivity contribution in [1.29, 1.82) is 0 Å². The predicted molar refractivity (Wildman–Crippen MR) is 57.3 cm³/mol. The molecule has 0 saturated carbocycles. The quantitative estimate of drug-likeness (QED) is 0.794. The SMILES string of the molecule is CCC(C)(N)c1nnc2ccc(C)nn12. The molecule has 0 amide bonds. The predicted octanol–water partition coefficient (Wildman–Crippen LogP) is 1.02. The largest absolute Gasteiger partial charge is 0.319 e. The Balaban J connectivity index is 2.67. The fourth-order valence-corrected chi connectivity index (χ4v) is 1.39. The van der Waals surface area contributed by atoms with Gasteiger partial charge in [0.05, 0.1) is 11.2 Å². The lowest BCUT2D eigenvalue weighted by Crippen LogP contribution is -2.34. The normalized spacial score (nSPS) is 15.5. The Kier molecular flexibility index (Phi) is 2.19. The Morgan fingerprint density at radius 1 is 1.40 bits per heavy atom. The zero-order valence-corrected chi connectivity index (χ0v) is 9.23. The van der Waals surface area contributed by atoms with Crippen molar-refractivity contribution in [1.82, 2.24) is 19.8 Å². The lowest BCUT2D eigenvalue weighted by molar-refractivity contribution is 0.433. The maximum absolute atomic E-state index is 6.13. The minimum Gasteiger partial charge on any atom is -0.319 e. The van der Waals surface area contributed by atoms with E-state index in [1.54, 1.807) is 4.52 Å². The molecule has 2 N–H and O–H groups in total. The van der Waals surface area contributed by atoms with E-state index in [4.69, 9.17) is 5.73 Å². The summed E-state index contributed by atoms with van der Waals surface area (Å²) in [4.78, 5) is 0. The summed E-state index contributed by atoms with van der Waals surface area (Å²) in [5, 5.41) is 12.5. The molecule has 2 aromatic heterocycles. The van der Waals surface area contributed by atoms with Gasteiger partial charge < -0.3 is 5.73 Å². The Morgan fingerprint density at radius 3 is 2.80 bits per heavy atom. The van der Waals surface area contributed by atoms with Gasteiger partial charge in [-0.15, -0.1) is 10.2 Å². The molecule has 0 aliphatic rings. The molecule has 2 rings (SSSR count). The number of aromatic nitrogens is 4. The lowest BCUT2D eigenvalue weighted by Gasteiger charge is -2.19. The number of nitrogens with zero attached hydrogens (tertiary/aromatic N) is 4. The highest BCUT2D eigenvalue weighted by atomic mass is 15.4. The van der Waals surface area contributed by atoms with Crippen LogP contribution in [0.2, 0.25) is 0 Å². The maximum atomic E-state index is 6.13. The van der Waals surface area contributed by atoms with Crippen LogP contribution in [0.25, 0.3) is 5.65 Å². The van der Waals surface area contributed by atoms with E-state index in [0.29, 0.717) is 5.82 Å². The van der Waals surface area contributed by atoms with E-state index in [1.807, 2.05) is 32.9 Å². The van der Waals surface area contributed by atoms with Gasteiger partial charge in [0.2, 0.25) is 0 Å². The van der Waals surface area contributed by atoms with Crippen LogP contribution in [0, 0.1) is 6.92 Å². The highest BCUT2D eigenvalue weighted by Gasteiger charge is 2.25. The molecule has 0 aromatic carbocycles. The molecule has 5 heteroatoms. The van der Waals surface area contributed by atoms with Crippen LogP contribution in [0.1, 0.15) is 31.8 Å². The third-order valence-electron chi connectivity index (χ3n) is 2.64. The summed E-state index contributed by atoms with van der Waals surface area (Å²) in [5.74, 6) is 0.712. The molecule has 0 saturated heterocycles. The number of hydrogen-bond donors (Lipinski definition) is 1. The second-order valence-electron chi connectivity index (χ2n) is 4.04. The highest BCUT2D eigenvalue weighted by Crippen LogP contribution is 2.19. The van der Waals surface area contributed by atoms with E-state index >= 15 is 0 Å². The van der Waals surface area contributed by atoms with Crippen LogP contribution in [-0.4, -0.2) is 19.8 Å². The number of rotatable bonds is 2. The molecular formula is C10H15N5. The first-order chi connectivity index (χ1) is 7.04. The van der Waals surface area contributed by atoms with Crippen molar-refractivity contribution in [2.24, 2.45) is 5.73 Å². The zero-order valence-electron chi connectivity index (χ0n) is 9.23. The lowest BCUT2D eigenvalue weighted by atomic mass is 10.00. The Morgan fingerprint density at radius 2 is 2.13 bits per heavy atom. The van der Waals surface area contributed by atoms with Crippen molar-refractivity contribution < 1.29 is 0 Å². The standard InChI is InChI=1S/C10H15N5/c1-4-10(3,11)9-13-12-8-6-5-7(2)14-15(8)9/h5-6H,4,11H2,1-3H3. The van der Waals surface area contributed by atoms with Crippen molar-refractivity contribution in [3.63, 3.8) is 0 Å².